The molecule has 2 fully saturated rings. The number of nitrogens with zero attached hydrogens (tertiary/aromatic N) is 2. The van der Waals surface area contributed by atoms with Gasteiger partial charge in [-0.2, -0.15) is 0 Å². The molecule has 1 aromatic rings. The lowest BCUT2D eigenvalue weighted by atomic mass is 9.93. The van der Waals surface area contributed by atoms with Crippen molar-refractivity contribution in [1.82, 2.24) is 20.4 Å². The maximum atomic E-state index is 13.3. The fourth-order valence-corrected chi connectivity index (χ4v) is 7.27. The summed E-state index contributed by atoms with van der Waals surface area (Å²) in [6.45, 7) is 6.17. The first-order valence-electron chi connectivity index (χ1n) is 14.4. The summed E-state index contributed by atoms with van der Waals surface area (Å²) in [6.07, 6.45) is 8.85. The fraction of sp³-hybridized carbons (Fsp3) is 0.600. The molecule has 0 bridgehead atoms. The number of likely N-dealkylation sites (tertiary alicyclic amines) is 2. The topological polar surface area (TPSA) is 98.8 Å². The zero-order chi connectivity index (χ0) is 28.9. The van der Waals surface area contributed by atoms with Crippen molar-refractivity contribution in [3.8, 4) is 0 Å². The molecule has 0 radical (unpaired) electrons. The second-order valence-corrected chi connectivity index (χ2v) is 14.4. The number of carbonyl (C=O) groups excluding carboxylic acids is 2. The molecule has 1 aromatic carbocycles. The summed E-state index contributed by atoms with van der Waals surface area (Å²) in [5.41, 5.74) is 3.02. The molecule has 0 spiro atoms. The third kappa shape index (κ3) is 8.10. The molecule has 2 aliphatic heterocycles. The van der Waals surface area contributed by atoms with Crippen molar-refractivity contribution >= 4 is 33.3 Å². The van der Waals surface area contributed by atoms with E-state index in [1.807, 2.05) is 0 Å². The van der Waals surface area contributed by atoms with Gasteiger partial charge in [0.05, 0.1) is 22.6 Å². The van der Waals surface area contributed by atoms with E-state index in [1.165, 1.54) is 6.26 Å². The molecular weight excluding hydrogens is 548 g/mol. The molecule has 8 nitrogen and oxygen atoms in total. The van der Waals surface area contributed by atoms with Crippen LogP contribution in [0.2, 0.25) is 5.02 Å². The van der Waals surface area contributed by atoms with Crippen LogP contribution < -0.4 is 10.6 Å². The SMILES string of the molecule is CC1=C(N2CCC(CNC(=O)C3CCCN(C)C3)CC2)/C(NC(=O)c2cccc(Cl)c2)=C\C(S(C)(=O)=O)CCC1. The molecule has 2 atom stereocenters. The summed E-state index contributed by atoms with van der Waals surface area (Å²) in [5, 5.41) is 6.04. The van der Waals surface area contributed by atoms with E-state index >= 15 is 0 Å². The Kier molecular flexibility index (Phi) is 10.4. The van der Waals surface area contributed by atoms with Crippen LogP contribution in [0.4, 0.5) is 0 Å². The number of allylic oxidation sites excluding steroid dienone is 1. The molecule has 2 heterocycles. The van der Waals surface area contributed by atoms with Gasteiger partial charge in [-0.05, 0) is 101 Å². The van der Waals surface area contributed by atoms with Crippen molar-refractivity contribution in [3.63, 3.8) is 0 Å². The lowest BCUT2D eigenvalue weighted by Crippen LogP contribution is -2.44. The van der Waals surface area contributed by atoms with Gasteiger partial charge in [-0.15, -0.1) is 0 Å². The third-order valence-electron chi connectivity index (χ3n) is 8.43. The summed E-state index contributed by atoms with van der Waals surface area (Å²) in [5.74, 6) is 0.291. The Morgan fingerprint density at radius 2 is 1.82 bits per heavy atom. The van der Waals surface area contributed by atoms with Crippen LogP contribution >= 0.6 is 11.6 Å². The maximum absolute atomic E-state index is 13.3. The quantitative estimate of drug-likeness (QED) is 0.498. The first kappa shape index (κ1) is 30.6. The van der Waals surface area contributed by atoms with Gasteiger partial charge in [-0.1, -0.05) is 17.7 Å². The number of hydrogen-bond donors (Lipinski definition) is 2. The Hall–Kier alpha value is -2.36. The molecule has 40 heavy (non-hydrogen) atoms. The fourth-order valence-electron chi connectivity index (χ4n) is 6.10. The average molecular weight is 591 g/mol. The first-order valence-corrected chi connectivity index (χ1v) is 16.7. The van der Waals surface area contributed by atoms with Crippen LogP contribution in [0.3, 0.4) is 0 Å². The smallest absolute Gasteiger partial charge is 0.255 e. The van der Waals surface area contributed by atoms with Gasteiger partial charge in [0.2, 0.25) is 5.91 Å². The molecule has 0 saturated carbocycles. The van der Waals surface area contributed by atoms with E-state index in [0.717, 1.165) is 76.0 Å². The number of piperidine rings is 2. The van der Waals surface area contributed by atoms with E-state index in [9.17, 15) is 18.0 Å². The Labute approximate surface area is 244 Å². The van der Waals surface area contributed by atoms with Crippen molar-refractivity contribution in [2.24, 2.45) is 11.8 Å². The van der Waals surface area contributed by atoms with E-state index in [4.69, 9.17) is 11.6 Å². The minimum Gasteiger partial charge on any atom is -0.370 e. The van der Waals surface area contributed by atoms with Gasteiger partial charge in [0.25, 0.3) is 5.91 Å². The molecular formula is C30H43ClN4O4S. The van der Waals surface area contributed by atoms with Crippen LogP contribution in [0, 0.1) is 11.8 Å². The average Bonchev–Trinajstić information content (AvgIpc) is 2.90. The van der Waals surface area contributed by atoms with Gasteiger partial charge in [0.15, 0.2) is 9.84 Å². The second-order valence-electron chi connectivity index (χ2n) is 11.7. The summed E-state index contributed by atoms with van der Waals surface area (Å²) in [7, 11) is -1.28. The molecule has 2 saturated heterocycles. The highest BCUT2D eigenvalue weighted by atomic mass is 35.5. The number of hydrogen-bond acceptors (Lipinski definition) is 6. The molecule has 3 aliphatic rings. The standard InChI is InChI=1S/C30H43ClN4O4S/c1-21-7-4-11-26(40(3,38)39)18-27(33-30(37)23-8-5-10-25(31)17-23)28(21)35-15-12-22(13-16-35)19-32-29(36)24-9-6-14-34(2)20-24/h5,8,10,17-18,22,24,26H,4,6-7,9,11-16,19-20H2,1-3H3,(H,32,36)(H,33,37)/b27-18+,28-21?. The first-order chi connectivity index (χ1) is 19.0. The van der Waals surface area contributed by atoms with E-state index in [0.29, 0.717) is 35.2 Å². The second kappa shape index (κ2) is 13.5. The van der Waals surface area contributed by atoms with E-state index in [2.05, 4.69) is 34.4 Å². The number of nitrogens with one attached hydrogen (secondary N) is 2. The number of sulfone groups is 1. The molecule has 2 unspecified atom stereocenters. The predicted molar refractivity (Wildman–Crippen MR) is 160 cm³/mol. The predicted octanol–water partition coefficient (Wildman–Crippen LogP) is 3.99. The van der Waals surface area contributed by atoms with E-state index in [-0.39, 0.29) is 17.7 Å². The normalized spacial score (nSPS) is 25.0. The van der Waals surface area contributed by atoms with Gasteiger partial charge < -0.3 is 20.4 Å². The minimum atomic E-state index is -3.35. The highest BCUT2D eigenvalue weighted by Crippen LogP contribution is 2.31. The van der Waals surface area contributed by atoms with Crippen molar-refractivity contribution in [2.75, 3.05) is 46.0 Å². The van der Waals surface area contributed by atoms with Crippen LogP contribution in [0.1, 0.15) is 62.2 Å². The molecule has 2 N–H and O–H groups in total. The van der Waals surface area contributed by atoms with Gasteiger partial charge in [-0.3, -0.25) is 9.59 Å². The highest BCUT2D eigenvalue weighted by molar-refractivity contribution is 7.91. The largest absolute Gasteiger partial charge is 0.370 e. The van der Waals surface area contributed by atoms with Crippen molar-refractivity contribution in [1.29, 1.82) is 0 Å². The lowest BCUT2D eigenvalue weighted by Gasteiger charge is -2.38. The van der Waals surface area contributed by atoms with Crippen LogP contribution in [0.15, 0.2) is 47.3 Å². The van der Waals surface area contributed by atoms with Gasteiger partial charge in [-0.25, -0.2) is 8.42 Å². The monoisotopic (exact) mass is 590 g/mol. The number of amides is 2. The van der Waals surface area contributed by atoms with E-state index in [1.54, 1.807) is 30.3 Å². The third-order valence-corrected chi connectivity index (χ3v) is 10.1. The number of carbonyl (C=O) groups is 2. The van der Waals surface area contributed by atoms with Crippen molar-refractivity contribution < 1.29 is 18.0 Å². The maximum Gasteiger partial charge on any atom is 0.255 e. The summed E-state index contributed by atoms with van der Waals surface area (Å²) < 4.78 is 25.2. The molecule has 220 valence electrons. The number of rotatable bonds is 7. The Morgan fingerprint density at radius 1 is 1.07 bits per heavy atom. The Balaban J connectivity index is 1.47. The zero-order valence-corrected chi connectivity index (χ0v) is 25.5. The molecule has 4 rings (SSSR count). The summed E-state index contributed by atoms with van der Waals surface area (Å²) in [4.78, 5) is 30.5. The van der Waals surface area contributed by atoms with Crippen LogP contribution in [0.25, 0.3) is 0 Å². The van der Waals surface area contributed by atoms with Gasteiger partial charge in [0.1, 0.15) is 0 Å². The number of benzene rings is 1. The van der Waals surface area contributed by atoms with E-state index < -0.39 is 15.1 Å². The van der Waals surface area contributed by atoms with Crippen molar-refractivity contribution in [2.45, 2.75) is 57.1 Å². The minimum absolute atomic E-state index is 0.0696. The van der Waals surface area contributed by atoms with Crippen LogP contribution in [0.5, 0.6) is 0 Å². The summed E-state index contributed by atoms with van der Waals surface area (Å²) in [6, 6.07) is 6.74. The molecule has 1 aliphatic carbocycles. The zero-order valence-electron chi connectivity index (χ0n) is 23.9. The Bertz CT molecular complexity index is 1250. The highest BCUT2D eigenvalue weighted by Gasteiger charge is 2.30. The van der Waals surface area contributed by atoms with Crippen molar-refractivity contribution in [3.05, 3.63) is 57.9 Å². The lowest BCUT2D eigenvalue weighted by molar-refractivity contribution is -0.126. The van der Waals surface area contributed by atoms with Gasteiger partial charge in [0, 0.05) is 43.0 Å². The molecule has 2 amide bonds. The Morgan fingerprint density at radius 3 is 2.50 bits per heavy atom. The molecule has 0 aromatic heterocycles. The van der Waals surface area contributed by atoms with Crippen LogP contribution in [-0.2, 0) is 14.6 Å². The van der Waals surface area contributed by atoms with Gasteiger partial charge >= 0.3 is 0 Å². The number of halogens is 1. The van der Waals surface area contributed by atoms with Crippen LogP contribution in [-0.4, -0.2) is 81.3 Å². The molecule has 10 heteroatoms. The summed E-state index contributed by atoms with van der Waals surface area (Å²) >= 11 is 6.13.